The third-order valence-electron chi connectivity index (χ3n) is 2.83. The van der Waals surface area contributed by atoms with Crippen molar-refractivity contribution in [2.75, 3.05) is 0 Å². The highest BCUT2D eigenvalue weighted by Gasteiger charge is 2.17. The van der Waals surface area contributed by atoms with E-state index < -0.39 is 0 Å². The number of hydrogen-bond acceptors (Lipinski definition) is 1. The van der Waals surface area contributed by atoms with Gasteiger partial charge in [0.05, 0.1) is 5.38 Å². The van der Waals surface area contributed by atoms with E-state index in [0.29, 0.717) is 5.56 Å². The van der Waals surface area contributed by atoms with Gasteiger partial charge in [-0.2, -0.15) is 0 Å². The lowest BCUT2D eigenvalue weighted by molar-refractivity contribution is 0.501. The summed E-state index contributed by atoms with van der Waals surface area (Å²) in [6, 6.07) is 6.85. The smallest absolute Gasteiger partial charge is 0.126 e. The van der Waals surface area contributed by atoms with Crippen LogP contribution in [0.5, 0.6) is 0 Å². The van der Waals surface area contributed by atoms with Crippen molar-refractivity contribution in [1.82, 2.24) is 0 Å². The topological polar surface area (TPSA) is 13.1 Å². The van der Waals surface area contributed by atoms with Crippen LogP contribution in [-0.4, -0.2) is 0 Å². The quantitative estimate of drug-likeness (QED) is 0.708. The Labute approximate surface area is 105 Å². The average Bonchev–Trinajstić information content (AvgIpc) is 2.61. The minimum Gasteiger partial charge on any atom is -0.466 e. The summed E-state index contributed by atoms with van der Waals surface area (Å²) in [7, 11) is 0. The Hall–Kier alpha value is -1.28. The fraction of sp³-hybridized carbons (Fsp3) is 0.286. The Kier molecular flexibility index (Phi) is 3.25. The van der Waals surface area contributed by atoms with Gasteiger partial charge in [-0.05, 0) is 44.0 Å². The van der Waals surface area contributed by atoms with Crippen LogP contribution in [-0.2, 0) is 0 Å². The lowest BCUT2D eigenvalue weighted by Gasteiger charge is -2.10. The molecule has 2 rings (SSSR count). The maximum absolute atomic E-state index is 13.2. The fourth-order valence-corrected chi connectivity index (χ4v) is 2.26. The van der Waals surface area contributed by atoms with Gasteiger partial charge in [0.2, 0.25) is 0 Å². The summed E-state index contributed by atoms with van der Waals surface area (Å²) in [5, 5.41) is -0.299. The van der Waals surface area contributed by atoms with Gasteiger partial charge in [-0.1, -0.05) is 12.1 Å². The van der Waals surface area contributed by atoms with Gasteiger partial charge >= 0.3 is 0 Å². The number of furan rings is 1. The summed E-state index contributed by atoms with van der Waals surface area (Å²) in [4.78, 5) is 0. The molecule has 0 aliphatic carbocycles. The van der Waals surface area contributed by atoms with Crippen molar-refractivity contribution < 1.29 is 8.81 Å². The summed E-state index contributed by atoms with van der Waals surface area (Å²) < 4.78 is 18.6. The molecule has 17 heavy (non-hydrogen) atoms. The van der Waals surface area contributed by atoms with E-state index in [-0.39, 0.29) is 11.2 Å². The van der Waals surface area contributed by atoms with Crippen molar-refractivity contribution in [3.8, 4) is 0 Å². The van der Waals surface area contributed by atoms with Crippen LogP contribution in [0.4, 0.5) is 4.39 Å². The van der Waals surface area contributed by atoms with Crippen LogP contribution in [0.2, 0.25) is 0 Å². The zero-order chi connectivity index (χ0) is 12.6. The normalized spacial score (nSPS) is 12.8. The van der Waals surface area contributed by atoms with Gasteiger partial charge in [-0.3, -0.25) is 0 Å². The Morgan fingerprint density at radius 2 is 1.88 bits per heavy atom. The molecule has 0 amide bonds. The van der Waals surface area contributed by atoms with Crippen LogP contribution in [0.1, 0.15) is 33.6 Å². The van der Waals surface area contributed by atoms with Crippen LogP contribution < -0.4 is 0 Å². The first-order valence-corrected chi connectivity index (χ1v) is 5.89. The van der Waals surface area contributed by atoms with E-state index in [2.05, 4.69) is 0 Å². The summed E-state index contributed by atoms with van der Waals surface area (Å²) in [5.41, 5.74) is 2.43. The monoisotopic (exact) mass is 252 g/mol. The van der Waals surface area contributed by atoms with E-state index in [1.807, 2.05) is 19.9 Å². The van der Waals surface area contributed by atoms with Crippen molar-refractivity contribution >= 4 is 11.6 Å². The van der Waals surface area contributed by atoms with Gasteiger partial charge < -0.3 is 4.42 Å². The van der Waals surface area contributed by atoms with Crippen molar-refractivity contribution in [3.05, 3.63) is 58.3 Å². The number of benzene rings is 1. The van der Waals surface area contributed by atoms with E-state index in [1.165, 1.54) is 6.07 Å². The highest BCUT2D eigenvalue weighted by Crippen LogP contribution is 2.33. The summed E-state index contributed by atoms with van der Waals surface area (Å²) in [6.45, 7) is 5.50. The minimum atomic E-state index is -0.299. The number of aryl methyl sites for hydroxylation is 3. The predicted octanol–water partition coefficient (Wildman–Crippen LogP) is 4.67. The molecule has 90 valence electrons. The van der Waals surface area contributed by atoms with E-state index in [4.69, 9.17) is 16.0 Å². The third-order valence-corrected chi connectivity index (χ3v) is 3.31. The van der Waals surface area contributed by atoms with E-state index in [0.717, 1.165) is 22.6 Å². The molecule has 1 nitrogen and oxygen atoms in total. The van der Waals surface area contributed by atoms with Crippen LogP contribution >= 0.6 is 11.6 Å². The molecule has 3 heteroatoms. The zero-order valence-corrected chi connectivity index (χ0v) is 10.8. The third kappa shape index (κ3) is 2.37. The lowest BCUT2D eigenvalue weighted by atomic mass is 10.0. The van der Waals surface area contributed by atoms with E-state index >= 15 is 0 Å². The number of halogens is 2. The fourth-order valence-electron chi connectivity index (χ4n) is 1.91. The van der Waals surface area contributed by atoms with E-state index in [1.54, 1.807) is 19.1 Å². The van der Waals surface area contributed by atoms with Gasteiger partial charge in [0.15, 0.2) is 0 Å². The van der Waals surface area contributed by atoms with Crippen molar-refractivity contribution in [2.45, 2.75) is 26.1 Å². The molecule has 0 radical (unpaired) electrons. The standard InChI is InChI=1S/C14H14ClFO/c1-8-6-11(4-5-13(8)16)14(15)12-7-9(2)17-10(12)3/h4-7,14H,1-3H3. The molecule has 0 fully saturated rings. The first-order chi connectivity index (χ1) is 7.99. The van der Waals surface area contributed by atoms with Gasteiger partial charge in [-0.25, -0.2) is 4.39 Å². The summed E-state index contributed by atoms with van der Waals surface area (Å²) >= 11 is 6.39. The maximum Gasteiger partial charge on any atom is 0.126 e. The van der Waals surface area contributed by atoms with Crippen molar-refractivity contribution in [3.63, 3.8) is 0 Å². The molecule has 1 aromatic carbocycles. The molecule has 0 saturated carbocycles. The minimum absolute atomic E-state index is 0.210. The highest BCUT2D eigenvalue weighted by molar-refractivity contribution is 6.22. The summed E-state index contributed by atoms with van der Waals surface area (Å²) in [5.74, 6) is 1.43. The van der Waals surface area contributed by atoms with Crippen molar-refractivity contribution in [2.24, 2.45) is 0 Å². The van der Waals surface area contributed by atoms with E-state index in [9.17, 15) is 4.39 Å². The second-order valence-corrected chi connectivity index (χ2v) is 4.68. The van der Waals surface area contributed by atoms with Crippen LogP contribution in [0.25, 0.3) is 0 Å². The predicted molar refractivity (Wildman–Crippen MR) is 67.0 cm³/mol. The Morgan fingerprint density at radius 3 is 2.41 bits per heavy atom. The van der Waals surface area contributed by atoms with Gasteiger partial charge in [-0.15, -0.1) is 11.6 Å². The second-order valence-electron chi connectivity index (χ2n) is 4.24. The van der Waals surface area contributed by atoms with Crippen molar-refractivity contribution in [1.29, 1.82) is 0 Å². The highest BCUT2D eigenvalue weighted by atomic mass is 35.5. The number of rotatable bonds is 2. The summed E-state index contributed by atoms with van der Waals surface area (Å²) in [6.07, 6.45) is 0. The lowest BCUT2D eigenvalue weighted by Crippen LogP contribution is -1.95. The van der Waals surface area contributed by atoms with Crippen LogP contribution in [0, 0.1) is 26.6 Å². The second kappa shape index (κ2) is 4.53. The molecule has 0 N–H and O–H groups in total. The molecular weight excluding hydrogens is 239 g/mol. The molecule has 1 heterocycles. The first kappa shape index (κ1) is 12.2. The van der Waals surface area contributed by atoms with Crippen LogP contribution in [0.15, 0.2) is 28.7 Å². The molecule has 0 spiro atoms. The molecule has 1 atom stereocenters. The molecule has 2 aromatic rings. The van der Waals surface area contributed by atoms with Gasteiger partial charge in [0.1, 0.15) is 17.3 Å². The van der Waals surface area contributed by atoms with Crippen LogP contribution in [0.3, 0.4) is 0 Å². The van der Waals surface area contributed by atoms with Gasteiger partial charge in [0.25, 0.3) is 0 Å². The number of alkyl halides is 1. The Bertz CT molecular complexity index is 545. The molecule has 1 unspecified atom stereocenters. The maximum atomic E-state index is 13.2. The molecule has 0 aliphatic heterocycles. The number of hydrogen-bond donors (Lipinski definition) is 0. The first-order valence-electron chi connectivity index (χ1n) is 5.46. The molecular formula is C14H14ClFO. The SMILES string of the molecule is Cc1cc(C(Cl)c2ccc(F)c(C)c2)c(C)o1. The molecule has 0 saturated heterocycles. The Balaban J connectivity index is 2.40. The largest absolute Gasteiger partial charge is 0.466 e. The zero-order valence-electron chi connectivity index (χ0n) is 10.1. The van der Waals surface area contributed by atoms with Gasteiger partial charge in [0, 0.05) is 5.56 Å². The molecule has 1 aromatic heterocycles. The average molecular weight is 253 g/mol. The molecule has 0 aliphatic rings. The molecule has 0 bridgehead atoms. The Morgan fingerprint density at radius 1 is 1.18 bits per heavy atom.